The molecule has 4 heteroatoms. The zero-order valence-corrected chi connectivity index (χ0v) is 25.5. The van der Waals surface area contributed by atoms with Gasteiger partial charge in [0.15, 0.2) is 0 Å². The largest absolute Gasteiger partial charge is 0.143 e. The second kappa shape index (κ2) is 12.3. The molecular formula is C35H32S4. The van der Waals surface area contributed by atoms with Gasteiger partial charge in [-0.05, 0) is 93.9 Å². The summed E-state index contributed by atoms with van der Waals surface area (Å²) >= 11 is 19.2. The lowest BCUT2D eigenvalue weighted by molar-refractivity contribution is 0.513. The standard InChI is InChI=1S/C35H32S4/c1-2-3-21-35(28-7-5-4-6-8-28,31-22-26(13-19-33(31)38)24-9-15-29(36)16-10-24)32-23-27(14-20-34(32)39)25-11-17-30(37)18-12-25/h4-20,22-23,36-39H,2-3,21H2,1H3. The molecule has 0 aliphatic rings. The highest BCUT2D eigenvalue weighted by atomic mass is 32.1. The fourth-order valence-electron chi connectivity index (χ4n) is 5.46. The van der Waals surface area contributed by atoms with Crippen molar-refractivity contribution in [3.05, 3.63) is 132 Å². The third kappa shape index (κ3) is 5.85. The van der Waals surface area contributed by atoms with Gasteiger partial charge in [-0.25, -0.2) is 0 Å². The zero-order chi connectivity index (χ0) is 27.4. The van der Waals surface area contributed by atoms with Crippen molar-refractivity contribution < 1.29 is 0 Å². The fraction of sp³-hybridized carbons (Fsp3) is 0.143. The minimum absolute atomic E-state index is 0.440. The molecule has 0 fully saturated rings. The van der Waals surface area contributed by atoms with Crippen molar-refractivity contribution in [1.82, 2.24) is 0 Å². The van der Waals surface area contributed by atoms with Crippen molar-refractivity contribution >= 4 is 50.5 Å². The van der Waals surface area contributed by atoms with Crippen molar-refractivity contribution in [2.75, 3.05) is 0 Å². The molecule has 0 atom stereocenters. The van der Waals surface area contributed by atoms with Crippen molar-refractivity contribution in [1.29, 1.82) is 0 Å². The smallest absolute Gasteiger partial charge is 0.0473 e. The first-order valence-corrected chi connectivity index (χ1v) is 15.0. The van der Waals surface area contributed by atoms with Gasteiger partial charge >= 0.3 is 0 Å². The van der Waals surface area contributed by atoms with Gasteiger partial charge in [0.1, 0.15) is 0 Å². The van der Waals surface area contributed by atoms with E-state index in [1.807, 2.05) is 24.3 Å². The van der Waals surface area contributed by atoms with E-state index in [1.165, 1.54) is 16.7 Å². The molecule has 0 unspecified atom stereocenters. The zero-order valence-electron chi connectivity index (χ0n) is 21.9. The third-order valence-corrected chi connectivity index (χ3v) is 8.86. The maximum Gasteiger partial charge on any atom is 0.0473 e. The highest BCUT2D eigenvalue weighted by Gasteiger charge is 2.39. The molecule has 0 nitrogen and oxygen atoms in total. The first kappa shape index (κ1) is 28.0. The average Bonchev–Trinajstić information content (AvgIpc) is 2.96. The summed E-state index contributed by atoms with van der Waals surface area (Å²) in [5.41, 5.74) is 7.83. The van der Waals surface area contributed by atoms with E-state index in [0.29, 0.717) is 0 Å². The van der Waals surface area contributed by atoms with Gasteiger partial charge in [-0.15, -0.1) is 50.5 Å². The number of thiol groups is 4. The lowest BCUT2D eigenvalue weighted by Crippen LogP contribution is -2.31. The highest BCUT2D eigenvalue weighted by molar-refractivity contribution is 7.80. The Morgan fingerprint density at radius 3 is 1.38 bits per heavy atom. The molecule has 0 aromatic heterocycles. The van der Waals surface area contributed by atoms with Crippen molar-refractivity contribution in [2.24, 2.45) is 0 Å². The highest BCUT2D eigenvalue weighted by Crippen LogP contribution is 2.49. The summed E-state index contributed by atoms with van der Waals surface area (Å²) in [4.78, 5) is 3.85. The maximum atomic E-state index is 5.09. The monoisotopic (exact) mass is 580 g/mol. The molecule has 196 valence electrons. The molecule has 0 heterocycles. The molecule has 0 bridgehead atoms. The molecule has 0 saturated heterocycles. The molecule has 0 saturated carbocycles. The van der Waals surface area contributed by atoms with Crippen LogP contribution in [-0.2, 0) is 5.41 Å². The average molecular weight is 581 g/mol. The predicted molar refractivity (Wildman–Crippen MR) is 179 cm³/mol. The number of unbranched alkanes of at least 4 members (excludes halogenated alkanes) is 1. The van der Waals surface area contributed by atoms with E-state index in [-0.39, 0.29) is 0 Å². The molecule has 5 aromatic rings. The van der Waals surface area contributed by atoms with Crippen molar-refractivity contribution in [3.8, 4) is 22.3 Å². The van der Waals surface area contributed by atoms with E-state index in [2.05, 4.69) is 123 Å². The first-order valence-electron chi connectivity index (χ1n) is 13.2. The summed E-state index contributed by atoms with van der Waals surface area (Å²) in [6.07, 6.45) is 3.09. The quantitative estimate of drug-likeness (QED) is 0.102. The summed E-state index contributed by atoms with van der Waals surface area (Å²) < 4.78 is 0. The summed E-state index contributed by atoms with van der Waals surface area (Å²) in [5, 5.41) is 0. The first-order chi connectivity index (χ1) is 18.9. The van der Waals surface area contributed by atoms with Gasteiger partial charge in [-0.1, -0.05) is 86.5 Å². The Morgan fingerprint density at radius 1 is 0.513 bits per heavy atom. The summed E-state index contributed by atoms with van der Waals surface area (Å²) in [7, 11) is 0. The number of benzene rings is 5. The normalized spacial score (nSPS) is 11.5. The molecule has 0 spiro atoms. The van der Waals surface area contributed by atoms with Gasteiger partial charge < -0.3 is 0 Å². The third-order valence-electron chi connectivity index (χ3n) is 7.49. The Bertz CT molecular complexity index is 1460. The van der Waals surface area contributed by atoms with Crippen LogP contribution in [0.25, 0.3) is 22.3 Å². The van der Waals surface area contributed by atoms with Crippen LogP contribution in [0.3, 0.4) is 0 Å². The lowest BCUT2D eigenvalue weighted by atomic mass is 9.65. The van der Waals surface area contributed by atoms with Gasteiger partial charge in [-0.3, -0.25) is 0 Å². The maximum absolute atomic E-state index is 5.09. The van der Waals surface area contributed by atoms with E-state index in [9.17, 15) is 0 Å². The Balaban J connectivity index is 1.81. The van der Waals surface area contributed by atoms with Crippen LogP contribution in [0.15, 0.2) is 135 Å². The van der Waals surface area contributed by atoms with E-state index in [0.717, 1.165) is 61.1 Å². The van der Waals surface area contributed by atoms with Crippen molar-refractivity contribution in [3.63, 3.8) is 0 Å². The minimum Gasteiger partial charge on any atom is -0.143 e. The fourth-order valence-corrected chi connectivity index (χ4v) is 6.42. The van der Waals surface area contributed by atoms with Crippen molar-refractivity contribution in [2.45, 2.75) is 51.2 Å². The van der Waals surface area contributed by atoms with Gasteiger partial charge in [-0.2, -0.15) is 0 Å². The Labute approximate surface area is 254 Å². The molecule has 0 aliphatic heterocycles. The molecule has 5 aromatic carbocycles. The van der Waals surface area contributed by atoms with E-state index >= 15 is 0 Å². The van der Waals surface area contributed by atoms with E-state index in [1.54, 1.807) is 0 Å². The number of rotatable bonds is 8. The SMILES string of the molecule is CCCCC(c1ccccc1)(c1cc(-c2ccc(S)cc2)ccc1S)c1cc(-c2ccc(S)cc2)ccc1S. The number of hydrogen-bond donors (Lipinski definition) is 4. The van der Waals surface area contributed by atoms with Crippen LogP contribution in [0.2, 0.25) is 0 Å². The molecule has 0 aliphatic carbocycles. The van der Waals surface area contributed by atoms with Crippen LogP contribution in [0.4, 0.5) is 0 Å². The summed E-state index contributed by atoms with van der Waals surface area (Å²) in [5.74, 6) is 0. The molecule has 39 heavy (non-hydrogen) atoms. The van der Waals surface area contributed by atoms with Gasteiger partial charge in [0.2, 0.25) is 0 Å². The van der Waals surface area contributed by atoms with Gasteiger partial charge in [0, 0.05) is 25.0 Å². The van der Waals surface area contributed by atoms with Gasteiger partial charge in [0.25, 0.3) is 0 Å². The Morgan fingerprint density at radius 2 is 0.949 bits per heavy atom. The molecule has 0 N–H and O–H groups in total. The number of hydrogen-bond acceptors (Lipinski definition) is 4. The van der Waals surface area contributed by atoms with Gasteiger partial charge in [0.05, 0.1) is 0 Å². The second-order valence-electron chi connectivity index (χ2n) is 9.93. The van der Waals surface area contributed by atoms with E-state index in [4.69, 9.17) is 25.3 Å². The van der Waals surface area contributed by atoms with Crippen LogP contribution >= 0.6 is 50.5 Å². The van der Waals surface area contributed by atoms with Crippen LogP contribution in [0.1, 0.15) is 42.9 Å². The molecular weight excluding hydrogens is 549 g/mol. The second-order valence-corrected chi connectivity index (χ2v) is 11.9. The molecule has 0 radical (unpaired) electrons. The summed E-state index contributed by atoms with van der Waals surface area (Å²) in [6.45, 7) is 2.25. The molecule has 5 rings (SSSR count). The Hall–Kier alpha value is -2.50. The van der Waals surface area contributed by atoms with Crippen LogP contribution in [0.5, 0.6) is 0 Å². The topological polar surface area (TPSA) is 0 Å². The van der Waals surface area contributed by atoms with Crippen LogP contribution in [0, 0.1) is 0 Å². The lowest BCUT2D eigenvalue weighted by Gasteiger charge is -2.38. The molecule has 0 amide bonds. The Kier molecular flexibility index (Phi) is 8.88. The predicted octanol–water partition coefficient (Wildman–Crippen LogP) is 10.7. The minimum atomic E-state index is -0.440. The van der Waals surface area contributed by atoms with E-state index < -0.39 is 5.41 Å². The summed E-state index contributed by atoms with van der Waals surface area (Å²) in [6, 6.07) is 40.8. The van der Waals surface area contributed by atoms with Crippen LogP contribution < -0.4 is 0 Å². The van der Waals surface area contributed by atoms with Crippen LogP contribution in [-0.4, -0.2) is 0 Å².